The lowest BCUT2D eigenvalue weighted by molar-refractivity contribution is -0.0175. The summed E-state index contributed by atoms with van der Waals surface area (Å²) in [5.74, 6) is -0.430. The average molecular weight is 285 g/mol. The number of hydrogen-bond acceptors (Lipinski definition) is 4. The van der Waals surface area contributed by atoms with Crippen molar-refractivity contribution in [1.29, 1.82) is 0 Å². The zero-order valence-corrected chi connectivity index (χ0v) is 11.5. The number of carbonyl (C=O) groups excluding carboxylic acids is 1. The fourth-order valence-corrected chi connectivity index (χ4v) is 2.15. The van der Waals surface area contributed by atoms with Crippen molar-refractivity contribution in [3.63, 3.8) is 0 Å². The highest BCUT2D eigenvalue weighted by Gasteiger charge is 2.19. The zero-order chi connectivity index (χ0) is 13.8. The van der Waals surface area contributed by atoms with E-state index in [0.29, 0.717) is 18.2 Å². The number of morpholine rings is 1. The molecule has 1 aromatic rings. The van der Waals surface area contributed by atoms with Gasteiger partial charge in [-0.2, -0.15) is 0 Å². The van der Waals surface area contributed by atoms with Crippen LogP contribution in [-0.2, 0) is 4.74 Å². The van der Waals surface area contributed by atoms with Crippen LogP contribution in [0.25, 0.3) is 0 Å². The van der Waals surface area contributed by atoms with Crippen LogP contribution >= 0.6 is 11.6 Å². The maximum Gasteiger partial charge on any atom is 0.255 e. The molecule has 104 valence electrons. The first-order valence-electron chi connectivity index (χ1n) is 6.13. The van der Waals surface area contributed by atoms with Crippen LogP contribution in [0.5, 0.6) is 5.75 Å². The first-order valence-corrected chi connectivity index (χ1v) is 6.51. The number of amides is 1. The molecule has 0 aromatic heterocycles. The number of aromatic hydroxyl groups is 1. The number of nitrogens with one attached hydrogen (secondary N) is 1. The smallest absolute Gasteiger partial charge is 0.255 e. The Morgan fingerprint density at radius 2 is 2.42 bits per heavy atom. The first kappa shape index (κ1) is 14.1. The maximum absolute atomic E-state index is 11.9. The van der Waals surface area contributed by atoms with Gasteiger partial charge in [0.15, 0.2) is 0 Å². The van der Waals surface area contributed by atoms with E-state index in [0.717, 1.165) is 13.1 Å². The Bertz CT molecular complexity index is 467. The lowest BCUT2D eigenvalue weighted by atomic mass is 10.2. The molecule has 5 nitrogen and oxygen atoms in total. The van der Waals surface area contributed by atoms with Crippen LogP contribution < -0.4 is 5.32 Å². The molecule has 1 atom stereocenters. The lowest BCUT2D eigenvalue weighted by Gasteiger charge is -2.30. The van der Waals surface area contributed by atoms with E-state index in [2.05, 4.69) is 10.2 Å². The highest BCUT2D eigenvalue weighted by molar-refractivity contribution is 6.31. The van der Waals surface area contributed by atoms with Gasteiger partial charge in [-0.05, 0) is 25.2 Å². The van der Waals surface area contributed by atoms with E-state index in [1.165, 1.54) is 18.2 Å². The van der Waals surface area contributed by atoms with E-state index in [1.54, 1.807) is 0 Å². The molecule has 1 unspecified atom stereocenters. The first-order chi connectivity index (χ1) is 9.06. The van der Waals surface area contributed by atoms with Gasteiger partial charge in [0.1, 0.15) is 5.75 Å². The molecule has 0 radical (unpaired) electrons. The van der Waals surface area contributed by atoms with E-state index in [4.69, 9.17) is 16.3 Å². The summed E-state index contributed by atoms with van der Waals surface area (Å²) in [6.07, 6.45) is -0.0240. The summed E-state index contributed by atoms with van der Waals surface area (Å²) in [6, 6.07) is 4.38. The Morgan fingerprint density at radius 1 is 1.63 bits per heavy atom. The van der Waals surface area contributed by atoms with Crippen molar-refractivity contribution in [1.82, 2.24) is 10.2 Å². The highest BCUT2D eigenvalue weighted by Crippen LogP contribution is 2.21. The number of ether oxygens (including phenoxy) is 1. The number of halogens is 1. The molecule has 1 aromatic carbocycles. The Balaban J connectivity index is 1.92. The summed E-state index contributed by atoms with van der Waals surface area (Å²) in [5.41, 5.74) is 0.177. The third-order valence-corrected chi connectivity index (χ3v) is 3.27. The average Bonchev–Trinajstić information content (AvgIpc) is 2.39. The molecule has 1 aliphatic heterocycles. The van der Waals surface area contributed by atoms with Crippen LogP contribution in [0.4, 0.5) is 0 Å². The van der Waals surface area contributed by atoms with Crippen LogP contribution in [0.2, 0.25) is 5.02 Å². The van der Waals surface area contributed by atoms with Gasteiger partial charge in [0.2, 0.25) is 0 Å². The molecule has 1 amide bonds. The second-order valence-electron chi connectivity index (χ2n) is 4.63. The van der Waals surface area contributed by atoms with Gasteiger partial charge >= 0.3 is 0 Å². The lowest BCUT2D eigenvalue weighted by Crippen LogP contribution is -2.45. The molecule has 1 aliphatic rings. The number of carbonyl (C=O) groups is 1. The molecule has 2 N–H and O–H groups in total. The Hall–Kier alpha value is -1.30. The number of benzene rings is 1. The molecule has 2 rings (SSSR count). The maximum atomic E-state index is 11.9. The minimum Gasteiger partial charge on any atom is -0.507 e. The number of nitrogens with zero attached hydrogens (tertiary/aromatic N) is 1. The van der Waals surface area contributed by atoms with Gasteiger partial charge in [0.05, 0.1) is 18.3 Å². The van der Waals surface area contributed by atoms with Crippen molar-refractivity contribution in [3.05, 3.63) is 28.8 Å². The standard InChI is InChI=1S/C13H17ClN2O3/c1-16-4-5-19-10(8-16)7-15-13(18)11-6-9(14)2-3-12(11)17/h2-3,6,10,17H,4-5,7-8H2,1H3,(H,15,18). The number of phenolic OH excluding ortho intramolecular Hbond substituents is 1. The van der Waals surface area contributed by atoms with Gasteiger partial charge in [-0.1, -0.05) is 11.6 Å². The third kappa shape index (κ3) is 3.83. The van der Waals surface area contributed by atoms with Gasteiger partial charge < -0.3 is 20.1 Å². The monoisotopic (exact) mass is 284 g/mol. The number of hydrogen-bond donors (Lipinski definition) is 2. The largest absolute Gasteiger partial charge is 0.507 e. The van der Waals surface area contributed by atoms with E-state index >= 15 is 0 Å². The predicted octanol–water partition coefficient (Wildman–Crippen LogP) is 1.11. The SMILES string of the molecule is CN1CCOC(CNC(=O)c2cc(Cl)ccc2O)C1. The van der Waals surface area contributed by atoms with Gasteiger partial charge in [-0.25, -0.2) is 0 Å². The van der Waals surface area contributed by atoms with Crippen LogP contribution in [0.3, 0.4) is 0 Å². The summed E-state index contributed by atoms with van der Waals surface area (Å²) < 4.78 is 5.54. The van der Waals surface area contributed by atoms with E-state index in [-0.39, 0.29) is 23.3 Å². The third-order valence-electron chi connectivity index (χ3n) is 3.04. The predicted molar refractivity (Wildman–Crippen MR) is 72.7 cm³/mol. The Kier molecular flexibility index (Phi) is 4.63. The molecule has 19 heavy (non-hydrogen) atoms. The second-order valence-corrected chi connectivity index (χ2v) is 5.06. The van der Waals surface area contributed by atoms with E-state index < -0.39 is 0 Å². The Labute approximate surface area is 117 Å². The molecule has 1 saturated heterocycles. The molecule has 6 heteroatoms. The molecule has 1 heterocycles. The summed E-state index contributed by atoms with van der Waals surface area (Å²) in [6.45, 7) is 2.76. The summed E-state index contributed by atoms with van der Waals surface area (Å²) in [4.78, 5) is 14.1. The quantitative estimate of drug-likeness (QED) is 0.873. The topological polar surface area (TPSA) is 61.8 Å². The van der Waals surface area contributed by atoms with Crippen molar-refractivity contribution in [2.75, 3.05) is 33.3 Å². The molecular formula is C13H17ClN2O3. The van der Waals surface area contributed by atoms with Crippen molar-refractivity contribution < 1.29 is 14.6 Å². The van der Waals surface area contributed by atoms with E-state index in [9.17, 15) is 9.90 Å². The molecule has 0 spiro atoms. The van der Waals surface area contributed by atoms with Crippen LogP contribution in [0.15, 0.2) is 18.2 Å². The molecule has 0 saturated carbocycles. The molecular weight excluding hydrogens is 268 g/mol. The van der Waals surface area contributed by atoms with Crippen molar-refractivity contribution in [3.8, 4) is 5.75 Å². The highest BCUT2D eigenvalue weighted by atomic mass is 35.5. The van der Waals surface area contributed by atoms with Crippen LogP contribution in [-0.4, -0.2) is 55.3 Å². The van der Waals surface area contributed by atoms with Crippen molar-refractivity contribution >= 4 is 17.5 Å². The van der Waals surface area contributed by atoms with Gasteiger partial charge in [-0.3, -0.25) is 4.79 Å². The van der Waals surface area contributed by atoms with Gasteiger partial charge in [0.25, 0.3) is 5.91 Å². The van der Waals surface area contributed by atoms with Gasteiger partial charge in [0, 0.05) is 24.7 Å². The van der Waals surface area contributed by atoms with E-state index in [1.807, 2.05) is 7.05 Å². The summed E-state index contributed by atoms with van der Waals surface area (Å²) in [5, 5.41) is 12.8. The van der Waals surface area contributed by atoms with Crippen molar-refractivity contribution in [2.45, 2.75) is 6.10 Å². The van der Waals surface area contributed by atoms with Crippen molar-refractivity contribution in [2.24, 2.45) is 0 Å². The van der Waals surface area contributed by atoms with Gasteiger partial charge in [-0.15, -0.1) is 0 Å². The minimum atomic E-state index is -0.350. The summed E-state index contributed by atoms with van der Waals surface area (Å²) in [7, 11) is 2.01. The fraction of sp³-hybridized carbons (Fsp3) is 0.462. The van der Waals surface area contributed by atoms with Crippen LogP contribution in [0, 0.1) is 0 Å². The molecule has 0 bridgehead atoms. The second kappa shape index (κ2) is 6.23. The zero-order valence-electron chi connectivity index (χ0n) is 10.7. The number of likely N-dealkylation sites (N-methyl/N-ethyl adjacent to an activating group) is 1. The molecule has 1 fully saturated rings. The number of rotatable bonds is 3. The summed E-state index contributed by atoms with van der Waals surface area (Å²) >= 11 is 5.81. The normalized spacial score (nSPS) is 20.2. The number of phenols is 1. The minimum absolute atomic E-state index is 0.0240. The Morgan fingerprint density at radius 3 is 3.16 bits per heavy atom. The molecule has 0 aliphatic carbocycles. The fourth-order valence-electron chi connectivity index (χ4n) is 1.98. The van der Waals surface area contributed by atoms with Crippen LogP contribution in [0.1, 0.15) is 10.4 Å².